The van der Waals surface area contributed by atoms with E-state index in [0.29, 0.717) is 0 Å². The third kappa shape index (κ3) is 0.492. The van der Waals surface area contributed by atoms with Gasteiger partial charge in [-0.05, 0) is 50.4 Å². The molecule has 0 amide bonds. The Bertz CT molecular complexity index is 206. The van der Waals surface area contributed by atoms with E-state index in [9.17, 15) is 0 Å². The number of rotatable bonds is 0. The molecule has 0 saturated heterocycles. The lowest BCUT2D eigenvalue weighted by atomic mass is 9.68. The second kappa shape index (κ2) is 1.49. The quantitative estimate of drug-likeness (QED) is 0.447. The van der Waals surface area contributed by atoms with Gasteiger partial charge in [-0.15, -0.1) is 0 Å². The van der Waals surface area contributed by atoms with Crippen molar-refractivity contribution < 1.29 is 0 Å². The predicted molar refractivity (Wildman–Crippen MR) is 41.8 cm³/mol. The summed E-state index contributed by atoms with van der Waals surface area (Å²) in [6, 6.07) is 0. The molecule has 1 spiro atoms. The van der Waals surface area contributed by atoms with Crippen molar-refractivity contribution in [2.24, 2.45) is 5.41 Å². The second-order valence-corrected chi connectivity index (χ2v) is 4.25. The van der Waals surface area contributed by atoms with Crippen LogP contribution in [0.2, 0.25) is 0 Å². The molecule has 0 atom stereocenters. The average molecular weight is 134 g/mol. The minimum atomic E-state index is 0.843. The highest BCUT2D eigenvalue weighted by Crippen LogP contribution is 2.67. The molecule has 0 heteroatoms. The van der Waals surface area contributed by atoms with Gasteiger partial charge in [0.15, 0.2) is 0 Å². The summed E-state index contributed by atoms with van der Waals surface area (Å²) < 4.78 is 0. The first-order chi connectivity index (χ1) is 4.91. The average Bonchev–Trinajstić information content (AvgIpc) is 2.67. The van der Waals surface area contributed by atoms with E-state index in [4.69, 9.17) is 0 Å². The molecule has 0 aromatic carbocycles. The van der Waals surface area contributed by atoms with Crippen LogP contribution in [0.5, 0.6) is 0 Å². The molecule has 0 nitrogen and oxygen atoms in total. The lowest BCUT2D eigenvalue weighted by molar-refractivity contribution is 0.428. The molecular formula is C10H14. The first kappa shape index (κ1) is 5.40. The Morgan fingerprint density at radius 2 is 1.80 bits per heavy atom. The zero-order chi connectivity index (χ0) is 6.60. The summed E-state index contributed by atoms with van der Waals surface area (Å²) in [6.07, 6.45) is 10.5. The van der Waals surface area contributed by atoms with Gasteiger partial charge in [0.2, 0.25) is 0 Å². The zero-order valence-corrected chi connectivity index (χ0v) is 6.45. The van der Waals surface area contributed by atoms with E-state index in [-0.39, 0.29) is 0 Å². The van der Waals surface area contributed by atoms with Crippen molar-refractivity contribution in [3.63, 3.8) is 0 Å². The number of allylic oxidation sites excluding steroid dienone is 2. The van der Waals surface area contributed by atoms with Crippen LogP contribution >= 0.6 is 0 Å². The van der Waals surface area contributed by atoms with Gasteiger partial charge in [-0.3, -0.25) is 0 Å². The Kier molecular flexibility index (Phi) is 0.805. The van der Waals surface area contributed by atoms with E-state index in [2.05, 4.69) is 0 Å². The highest BCUT2D eigenvalue weighted by atomic mass is 14.6. The molecule has 54 valence electrons. The molecule has 0 unspecified atom stereocenters. The molecule has 0 aromatic heterocycles. The highest BCUT2D eigenvalue weighted by Gasteiger charge is 2.53. The Hall–Kier alpha value is -0.260. The van der Waals surface area contributed by atoms with Crippen molar-refractivity contribution in [3.8, 4) is 0 Å². The summed E-state index contributed by atoms with van der Waals surface area (Å²) in [5.41, 5.74) is 4.62. The smallest absolute Gasteiger partial charge is 0.00476 e. The van der Waals surface area contributed by atoms with Gasteiger partial charge in [0.05, 0.1) is 0 Å². The van der Waals surface area contributed by atoms with Gasteiger partial charge >= 0.3 is 0 Å². The van der Waals surface area contributed by atoms with Crippen molar-refractivity contribution in [1.29, 1.82) is 0 Å². The predicted octanol–water partition coefficient (Wildman–Crippen LogP) is 3.04. The van der Waals surface area contributed by atoms with Gasteiger partial charge in [0.1, 0.15) is 0 Å². The SMILES string of the molecule is C1CCC2=C(C1)CC21CC1. The monoisotopic (exact) mass is 134 g/mol. The summed E-state index contributed by atoms with van der Waals surface area (Å²) >= 11 is 0. The number of hydrogen-bond acceptors (Lipinski definition) is 0. The van der Waals surface area contributed by atoms with Crippen LogP contribution in [0.3, 0.4) is 0 Å². The van der Waals surface area contributed by atoms with Gasteiger partial charge in [-0.25, -0.2) is 0 Å². The summed E-state index contributed by atoms with van der Waals surface area (Å²) in [4.78, 5) is 0. The van der Waals surface area contributed by atoms with Crippen molar-refractivity contribution in [3.05, 3.63) is 11.1 Å². The number of hydrogen-bond donors (Lipinski definition) is 0. The first-order valence-electron chi connectivity index (χ1n) is 4.62. The Labute approximate surface area is 62.3 Å². The zero-order valence-electron chi connectivity index (χ0n) is 6.45. The van der Waals surface area contributed by atoms with E-state index >= 15 is 0 Å². The molecular weight excluding hydrogens is 120 g/mol. The minimum absolute atomic E-state index is 0.843. The van der Waals surface area contributed by atoms with Crippen LogP contribution in [0.25, 0.3) is 0 Å². The largest absolute Gasteiger partial charge is 0.0696 e. The first-order valence-corrected chi connectivity index (χ1v) is 4.62. The van der Waals surface area contributed by atoms with Gasteiger partial charge in [-0.1, -0.05) is 11.1 Å². The molecule has 0 N–H and O–H groups in total. The Balaban J connectivity index is 1.96. The molecule has 0 bridgehead atoms. The Morgan fingerprint density at radius 3 is 2.50 bits per heavy atom. The summed E-state index contributed by atoms with van der Waals surface area (Å²) in [5.74, 6) is 0. The third-order valence-electron chi connectivity index (χ3n) is 3.63. The standard InChI is InChI=1S/C10H14/c1-2-4-9-8(3-1)7-10(9)5-6-10/h1-7H2. The molecule has 3 rings (SSSR count). The van der Waals surface area contributed by atoms with Crippen LogP contribution in [-0.4, -0.2) is 0 Å². The summed E-state index contributed by atoms with van der Waals surface area (Å²) in [6.45, 7) is 0. The van der Waals surface area contributed by atoms with Crippen molar-refractivity contribution >= 4 is 0 Å². The van der Waals surface area contributed by atoms with Gasteiger partial charge in [-0.2, -0.15) is 0 Å². The van der Waals surface area contributed by atoms with Gasteiger partial charge in [0, 0.05) is 0 Å². The molecule has 3 aliphatic rings. The van der Waals surface area contributed by atoms with E-state index < -0.39 is 0 Å². The van der Waals surface area contributed by atoms with E-state index in [1.165, 1.54) is 44.9 Å². The maximum atomic E-state index is 1.92. The third-order valence-corrected chi connectivity index (χ3v) is 3.63. The fourth-order valence-electron chi connectivity index (χ4n) is 2.84. The van der Waals surface area contributed by atoms with Crippen LogP contribution in [0, 0.1) is 5.41 Å². The summed E-state index contributed by atoms with van der Waals surface area (Å²) in [5, 5.41) is 0. The molecule has 0 aromatic rings. The molecule has 0 radical (unpaired) electrons. The van der Waals surface area contributed by atoms with Crippen molar-refractivity contribution in [1.82, 2.24) is 0 Å². The van der Waals surface area contributed by atoms with Gasteiger partial charge < -0.3 is 0 Å². The lowest BCUT2D eigenvalue weighted by Crippen LogP contribution is -2.22. The second-order valence-electron chi connectivity index (χ2n) is 4.25. The summed E-state index contributed by atoms with van der Waals surface area (Å²) in [7, 11) is 0. The highest BCUT2D eigenvalue weighted by molar-refractivity contribution is 5.40. The van der Waals surface area contributed by atoms with Gasteiger partial charge in [0.25, 0.3) is 0 Å². The molecule has 0 heterocycles. The molecule has 1 fully saturated rings. The lowest BCUT2D eigenvalue weighted by Gasteiger charge is -2.37. The maximum Gasteiger partial charge on any atom is -0.00476 e. The normalized spacial score (nSPS) is 33.6. The van der Waals surface area contributed by atoms with Crippen LogP contribution in [-0.2, 0) is 0 Å². The van der Waals surface area contributed by atoms with E-state index in [1.807, 2.05) is 11.1 Å². The Morgan fingerprint density at radius 1 is 1.00 bits per heavy atom. The fraction of sp³-hybridized carbons (Fsp3) is 0.800. The molecule has 0 aliphatic heterocycles. The van der Waals surface area contributed by atoms with Crippen molar-refractivity contribution in [2.75, 3.05) is 0 Å². The minimum Gasteiger partial charge on any atom is -0.0696 e. The van der Waals surface area contributed by atoms with Crippen molar-refractivity contribution in [2.45, 2.75) is 44.9 Å². The molecule has 3 aliphatic carbocycles. The molecule has 1 saturated carbocycles. The van der Waals surface area contributed by atoms with Crippen LogP contribution < -0.4 is 0 Å². The fourth-order valence-corrected chi connectivity index (χ4v) is 2.84. The topological polar surface area (TPSA) is 0 Å². The van der Waals surface area contributed by atoms with Crippen LogP contribution in [0.15, 0.2) is 11.1 Å². The van der Waals surface area contributed by atoms with Crippen LogP contribution in [0.1, 0.15) is 44.9 Å². The van der Waals surface area contributed by atoms with Crippen LogP contribution in [0.4, 0.5) is 0 Å². The van der Waals surface area contributed by atoms with E-state index in [1.54, 1.807) is 0 Å². The maximum absolute atomic E-state index is 1.92. The molecule has 10 heavy (non-hydrogen) atoms. The number of fused-ring (bicyclic) bond motifs is 1. The van der Waals surface area contributed by atoms with E-state index in [0.717, 1.165) is 5.41 Å².